The van der Waals surface area contributed by atoms with Crippen LogP contribution in [0.1, 0.15) is 19.3 Å². The first-order valence-electron chi connectivity index (χ1n) is 10.1. The summed E-state index contributed by atoms with van der Waals surface area (Å²) in [5, 5.41) is 14.8. The maximum atomic E-state index is 13.7. The van der Waals surface area contributed by atoms with E-state index in [4.69, 9.17) is 4.74 Å². The molecule has 1 saturated heterocycles. The fourth-order valence-corrected chi connectivity index (χ4v) is 4.50. The zero-order valence-electron chi connectivity index (χ0n) is 17.1. The second-order valence-electron chi connectivity index (χ2n) is 7.38. The van der Waals surface area contributed by atoms with E-state index in [0.717, 1.165) is 12.1 Å². The molecule has 0 bridgehead atoms. The van der Waals surface area contributed by atoms with Crippen molar-refractivity contribution in [2.24, 2.45) is 0 Å². The predicted molar refractivity (Wildman–Crippen MR) is 114 cm³/mol. The Bertz CT molecular complexity index is 1020. The number of rotatable bonds is 8. The van der Waals surface area contributed by atoms with Gasteiger partial charge in [-0.3, -0.25) is 0 Å². The van der Waals surface area contributed by atoms with Gasteiger partial charge in [0.25, 0.3) is 0 Å². The van der Waals surface area contributed by atoms with E-state index in [9.17, 15) is 27.1 Å². The second-order valence-corrected chi connectivity index (χ2v) is 9.15. The van der Waals surface area contributed by atoms with Gasteiger partial charge in [-0.2, -0.15) is 0 Å². The summed E-state index contributed by atoms with van der Waals surface area (Å²) in [4.78, 5) is 12.1. The molecule has 1 aliphatic rings. The second kappa shape index (κ2) is 10.8. The van der Waals surface area contributed by atoms with E-state index < -0.39 is 39.8 Å². The first-order valence-corrected chi connectivity index (χ1v) is 11.6. The molecule has 1 aliphatic heterocycles. The van der Waals surface area contributed by atoms with Crippen LogP contribution in [0.3, 0.4) is 0 Å². The Morgan fingerprint density at radius 1 is 1.09 bits per heavy atom. The van der Waals surface area contributed by atoms with E-state index in [1.165, 1.54) is 30.3 Å². The Labute approximate surface area is 185 Å². The molecule has 2 aromatic rings. The molecule has 1 fully saturated rings. The normalized spacial score (nSPS) is 21.2. The first-order chi connectivity index (χ1) is 15.3. The van der Waals surface area contributed by atoms with Gasteiger partial charge >= 0.3 is 6.03 Å². The number of carbonyl (C=O) groups is 1. The predicted octanol–water partition coefficient (Wildman–Crippen LogP) is 2.36. The van der Waals surface area contributed by atoms with Crippen LogP contribution in [-0.2, 0) is 14.8 Å². The van der Waals surface area contributed by atoms with Crippen LogP contribution in [0.4, 0.5) is 19.3 Å². The molecule has 2 aromatic carbocycles. The van der Waals surface area contributed by atoms with Crippen LogP contribution in [0.2, 0.25) is 0 Å². The van der Waals surface area contributed by atoms with E-state index >= 15 is 0 Å². The van der Waals surface area contributed by atoms with E-state index in [2.05, 4.69) is 15.4 Å². The van der Waals surface area contributed by atoms with Gasteiger partial charge in [-0.05, 0) is 55.7 Å². The lowest BCUT2D eigenvalue weighted by Gasteiger charge is -2.36. The molecular formula is C21H25F2N3O5S. The first kappa shape index (κ1) is 24.1. The zero-order valence-corrected chi connectivity index (χ0v) is 17.9. The van der Waals surface area contributed by atoms with Crippen LogP contribution in [0.15, 0.2) is 53.4 Å². The zero-order chi connectivity index (χ0) is 23.1. The number of hydrogen-bond acceptors (Lipinski definition) is 5. The van der Waals surface area contributed by atoms with E-state index in [-0.39, 0.29) is 29.8 Å². The SMILES string of the molecule is O=C(Nc1ccccc1F)N[C@H]1CC[C@H](CCNS(=O)(=O)c2ccc(F)cc2)O[C@H]1CO. The smallest absolute Gasteiger partial charge is 0.319 e. The number of aliphatic hydroxyl groups is 1. The number of urea groups is 1. The summed E-state index contributed by atoms with van der Waals surface area (Å²) >= 11 is 0. The van der Waals surface area contributed by atoms with Crippen molar-refractivity contribution in [2.75, 3.05) is 18.5 Å². The molecule has 1 heterocycles. The molecule has 0 spiro atoms. The van der Waals surface area contributed by atoms with E-state index in [1.807, 2.05) is 0 Å². The van der Waals surface area contributed by atoms with Gasteiger partial charge in [-0.25, -0.2) is 26.7 Å². The number of hydrogen-bond donors (Lipinski definition) is 4. The molecule has 8 nitrogen and oxygen atoms in total. The minimum Gasteiger partial charge on any atom is -0.394 e. The summed E-state index contributed by atoms with van der Waals surface area (Å²) in [6.45, 7) is -0.253. The van der Waals surface area contributed by atoms with Crippen LogP contribution in [-0.4, -0.2) is 51.0 Å². The maximum Gasteiger partial charge on any atom is 0.319 e. The number of ether oxygens (including phenoxy) is 1. The minimum absolute atomic E-state index is 0.0357. The van der Waals surface area contributed by atoms with Gasteiger partial charge in [0, 0.05) is 6.54 Å². The molecule has 0 aliphatic carbocycles. The van der Waals surface area contributed by atoms with Gasteiger partial charge in [0.05, 0.1) is 29.3 Å². The number of carbonyl (C=O) groups excluding carboxylic acids is 1. The average Bonchev–Trinajstić information content (AvgIpc) is 2.76. The number of amides is 2. The van der Waals surface area contributed by atoms with Gasteiger partial charge in [0.2, 0.25) is 10.0 Å². The van der Waals surface area contributed by atoms with Crippen molar-refractivity contribution in [3.63, 3.8) is 0 Å². The molecule has 0 aromatic heterocycles. The number of benzene rings is 2. The number of sulfonamides is 1. The fourth-order valence-electron chi connectivity index (χ4n) is 3.45. The molecule has 2 amide bonds. The third kappa shape index (κ3) is 6.45. The van der Waals surface area contributed by atoms with Crippen LogP contribution in [0.5, 0.6) is 0 Å². The standard InChI is InChI=1S/C21H25F2N3O5S/c22-14-5-8-16(9-6-14)32(29,30)24-12-11-15-7-10-19(20(13-27)31-15)26-21(28)25-18-4-2-1-3-17(18)23/h1-6,8-9,15,19-20,24,27H,7,10-13H2,(H2,25,26,28)/t15-,19+,20+/m1/s1. The lowest BCUT2D eigenvalue weighted by atomic mass is 9.97. The van der Waals surface area contributed by atoms with Crippen molar-refractivity contribution in [1.82, 2.24) is 10.0 Å². The van der Waals surface area contributed by atoms with Gasteiger partial charge in [-0.15, -0.1) is 0 Å². The molecular weight excluding hydrogens is 444 g/mol. The summed E-state index contributed by atoms with van der Waals surface area (Å²) in [7, 11) is -3.77. The Morgan fingerprint density at radius 2 is 1.81 bits per heavy atom. The van der Waals surface area contributed by atoms with Crippen molar-refractivity contribution >= 4 is 21.7 Å². The molecule has 3 rings (SSSR count). The maximum absolute atomic E-state index is 13.7. The molecule has 3 atom stereocenters. The lowest BCUT2D eigenvalue weighted by molar-refractivity contribution is -0.0884. The summed E-state index contributed by atoms with van der Waals surface area (Å²) in [5.41, 5.74) is 0.0357. The van der Waals surface area contributed by atoms with Crippen molar-refractivity contribution < 1.29 is 31.8 Å². The molecule has 32 heavy (non-hydrogen) atoms. The van der Waals surface area contributed by atoms with Crippen LogP contribution < -0.4 is 15.4 Å². The van der Waals surface area contributed by atoms with Crippen LogP contribution in [0.25, 0.3) is 0 Å². The quantitative estimate of drug-likeness (QED) is 0.474. The van der Waals surface area contributed by atoms with Crippen molar-refractivity contribution in [2.45, 2.75) is 42.4 Å². The van der Waals surface area contributed by atoms with Gasteiger partial charge in [-0.1, -0.05) is 12.1 Å². The topological polar surface area (TPSA) is 117 Å². The number of nitrogens with one attached hydrogen (secondary N) is 3. The Balaban J connectivity index is 1.47. The Hall–Kier alpha value is -2.60. The largest absolute Gasteiger partial charge is 0.394 e. The van der Waals surface area contributed by atoms with Crippen molar-refractivity contribution in [3.8, 4) is 0 Å². The lowest BCUT2D eigenvalue weighted by Crippen LogP contribution is -2.52. The van der Waals surface area contributed by atoms with Gasteiger partial charge < -0.3 is 20.5 Å². The van der Waals surface area contributed by atoms with Gasteiger partial charge in [0.15, 0.2) is 0 Å². The highest BCUT2D eigenvalue weighted by atomic mass is 32.2. The molecule has 11 heteroatoms. The van der Waals surface area contributed by atoms with E-state index in [0.29, 0.717) is 19.3 Å². The third-order valence-corrected chi connectivity index (χ3v) is 6.59. The third-order valence-electron chi connectivity index (χ3n) is 5.12. The highest BCUT2D eigenvalue weighted by Crippen LogP contribution is 2.22. The number of para-hydroxylation sites is 1. The molecule has 4 N–H and O–H groups in total. The summed E-state index contributed by atoms with van der Waals surface area (Å²) in [6, 6.07) is 9.15. The van der Waals surface area contributed by atoms with Crippen LogP contribution >= 0.6 is 0 Å². The molecule has 0 radical (unpaired) electrons. The summed E-state index contributed by atoms with van der Waals surface area (Å²) in [5.74, 6) is -1.09. The molecule has 0 unspecified atom stereocenters. The van der Waals surface area contributed by atoms with Crippen LogP contribution in [0, 0.1) is 11.6 Å². The number of halogens is 2. The number of anilines is 1. The Morgan fingerprint density at radius 3 is 2.50 bits per heavy atom. The highest BCUT2D eigenvalue weighted by molar-refractivity contribution is 7.89. The monoisotopic (exact) mass is 469 g/mol. The van der Waals surface area contributed by atoms with Gasteiger partial charge in [0.1, 0.15) is 17.7 Å². The summed E-state index contributed by atoms with van der Waals surface area (Å²) in [6.07, 6.45) is 0.361. The average molecular weight is 470 g/mol. The molecule has 174 valence electrons. The summed E-state index contributed by atoms with van der Waals surface area (Å²) < 4.78 is 59.4. The minimum atomic E-state index is -3.77. The Kier molecular flexibility index (Phi) is 8.13. The van der Waals surface area contributed by atoms with Crippen molar-refractivity contribution in [1.29, 1.82) is 0 Å². The fraction of sp³-hybridized carbons (Fsp3) is 0.381. The number of aliphatic hydroxyl groups excluding tert-OH is 1. The molecule has 0 saturated carbocycles. The van der Waals surface area contributed by atoms with E-state index in [1.54, 1.807) is 6.07 Å². The van der Waals surface area contributed by atoms with Crippen molar-refractivity contribution in [3.05, 3.63) is 60.2 Å². The highest BCUT2D eigenvalue weighted by Gasteiger charge is 2.32.